The lowest BCUT2D eigenvalue weighted by Gasteiger charge is -2.42. The van der Waals surface area contributed by atoms with Crippen LogP contribution in [0.3, 0.4) is 0 Å². The van der Waals surface area contributed by atoms with Gasteiger partial charge in [-0.15, -0.1) is 0 Å². The summed E-state index contributed by atoms with van der Waals surface area (Å²) in [5.74, 6) is 0.471. The molecule has 1 unspecified atom stereocenters. The van der Waals surface area contributed by atoms with Crippen molar-refractivity contribution in [2.45, 2.75) is 19.4 Å². The summed E-state index contributed by atoms with van der Waals surface area (Å²) in [5.41, 5.74) is 1.24. The largest absolute Gasteiger partial charge is 0.497 e. The normalized spacial score (nSPS) is 18.1. The van der Waals surface area contributed by atoms with E-state index in [1.54, 1.807) is 7.11 Å². The Hall–Kier alpha value is -1.55. The van der Waals surface area contributed by atoms with Gasteiger partial charge in [-0.1, -0.05) is 12.1 Å². The van der Waals surface area contributed by atoms with Gasteiger partial charge in [0.1, 0.15) is 5.75 Å². The van der Waals surface area contributed by atoms with Crippen LogP contribution in [0.1, 0.15) is 24.9 Å². The van der Waals surface area contributed by atoms with Gasteiger partial charge in [0, 0.05) is 19.1 Å². The molecule has 0 saturated carbocycles. The Morgan fingerprint density at radius 1 is 1.44 bits per heavy atom. The first-order valence-corrected chi connectivity index (χ1v) is 6.20. The first-order chi connectivity index (χ1) is 8.60. The van der Waals surface area contributed by atoms with E-state index in [0.29, 0.717) is 12.0 Å². The van der Waals surface area contributed by atoms with Crippen LogP contribution >= 0.6 is 0 Å². The predicted molar refractivity (Wildman–Crippen MR) is 68.7 cm³/mol. The number of ether oxygens (including phenoxy) is 1. The topological polar surface area (TPSA) is 49.8 Å². The van der Waals surface area contributed by atoms with Gasteiger partial charge in [-0.3, -0.25) is 9.69 Å². The standard InChI is InChI=1S/C14H19NO3/c1-10(12-3-5-13(18-2)6-4-12)15-8-11(9-15)7-14(16)17/h3-6,10-11H,7-9H2,1-2H3,(H,16,17). The molecule has 0 amide bonds. The summed E-state index contributed by atoms with van der Waals surface area (Å²) in [6.45, 7) is 3.90. The molecule has 18 heavy (non-hydrogen) atoms. The van der Waals surface area contributed by atoms with Crippen molar-refractivity contribution in [2.75, 3.05) is 20.2 Å². The van der Waals surface area contributed by atoms with Crippen molar-refractivity contribution < 1.29 is 14.6 Å². The Balaban J connectivity index is 1.88. The molecular weight excluding hydrogens is 230 g/mol. The minimum Gasteiger partial charge on any atom is -0.497 e. The van der Waals surface area contributed by atoms with Crippen LogP contribution in [0.4, 0.5) is 0 Å². The maximum Gasteiger partial charge on any atom is 0.303 e. The van der Waals surface area contributed by atoms with Crippen molar-refractivity contribution >= 4 is 5.97 Å². The Labute approximate surface area is 107 Å². The molecule has 1 saturated heterocycles. The molecule has 0 spiro atoms. The van der Waals surface area contributed by atoms with Gasteiger partial charge < -0.3 is 9.84 Å². The summed E-state index contributed by atoms with van der Waals surface area (Å²) < 4.78 is 5.13. The molecule has 1 aromatic rings. The van der Waals surface area contributed by atoms with Crippen LogP contribution in [0.25, 0.3) is 0 Å². The van der Waals surface area contributed by atoms with E-state index in [-0.39, 0.29) is 6.42 Å². The number of aliphatic carboxylic acids is 1. The van der Waals surface area contributed by atoms with Crippen molar-refractivity contribution in [2.24, 2.45) is 5.92 Å². The highest BCUT2D eigenvalue weighted by atomic mass is 16.5. The molecule has 4 nitrogen and oxygen atoms in total. The molecule has 1 N–H and O–H groups in total. The lowest BCUT2D eigenvalue weighted by atomic mass is 9.92. The summed E-state index contributed by atoms with van der Waals surface area (Å²) in [6.07, 6.45) is 0.284. The van der Waals surface area contributed by atoms with Gasteiger partial charge in [0.2, 0.25) is 0 Å². The van der Waals surface area contributed by atoms with E-state index in [0.717, 1.165) is 18.8 Å². The number of benzene rings is 1. The zero-order valence-electron chi connectivity index (χ0n) is 10.8. The molecule has 1 heterocycles. The molecule has 4 heteroatoms. The molecule has 1 aliphatic heterocycles. The van der Waals surface area contributed by atoms with Crippen LogP contribution < -0.4 is 4.74 Å². The first-order valence-electron chi connectivity index (χ1n) is 6.20. The van der Waals surface area contributed by atoms with E-state index < -0.39 is 5.97 Å². The third-order valence-corrected chi connectivity index (χ3v) is 3.59. The quantitative estimate of drug-likeness (QED) is 0.868. The second-order valence-corrected chi connectivity index (χ2v) is 4.87. The highest BCUT2D eigenvalue weighted by Crippen LogP contribution is 2.30. The van der Waals surface area contributed by atoms with Gasteiger partial charge in [-0.25, -0.2) is 0 Å². The van der Waals surface area contributed by atoms with Crippen LogP contribution in [0, 0.1) is 5.92 Å². The molecule has 2 rings (SSSR count). The Morgan fingerprint density at radius 2 is 2.06 bits per heavy atom. The second kappa shape index (κ2) is 5.40. The van der Waals surface area contributed by atoms with Crippen LogP contribution in [0.5, 0.6) is 5.75 Å². The number of likely N-dealkylation sites (tertiary alicyclic amines) is 1. The molecule has 0 radical (unpaired) electrons. The van der Waals surface area contributed by atoms with E-state index >= 15 is 0 Å². The number of nitrogens with zero attached hydrogens (tertiary/aromatic N) is 1. The van der Waals surface area contributed by atoms with E-state index in [9.17, 15) is 4.79 Å². The SMILES string of the molecule is COc1ccc(C(C)N2CC(CC(=O)O)C2)cc1. The smallest absolute Gasteiger partial charge is 0.303 e. The van der Waals surface area contributed by atoms with Crippen molar-refractivity contribution in [3.05, 3.63) is 29.8 Å². The van der Waals surface area contributed by atoms with Gasteiger partial charge in [-0.2, -0.15) is 0 Å². The fourth-order valence-electron chi connectivity index (χ4n) is 2.40. The monoisotopic (exact) mass is 249 g/mol. The van der Waals surface area contributed by atoms with Gasteiger partial charge in [0.25, 0.3) is 0 Å². The molecule has 0 bridgehead atoms. The lowest BCUT2D eigenvalue weighted by Crippen LogP contribution is -2.48. The molecule has 1 aromatic carbocycles. The van der Waals surface area contributed by atoms with Crippen LogP contribution in [-0.2, 0) is 4.79 Å². The maximum absolute atomic E-state index is 10.6. The van der Waals surface area contributed by atoms with Crippen LogP contribution in [0.2, 0.25) is 0 Å². The molecule has 1 atom stereocenters. The van der Waals surface area contributed by atoms with Crippen molar-refractivity contribution in [1.82, 2.24) is 4.90 Å². The first kappa shape index (κ1) is 12.9. The summed E-state index contributed by atoms with van der Waals surface area (Å²) in [5, 5.41) is 8.72. The fraction of sp³-hybridized carbons (Fsp3) is 0.500. The molecule has 98 valence electrons. The number of methoxy groups -OCH3 is 1. The summed E-state index contributed by atoms with van der Waals surface area (Å²) in [6, 6.07) is 8.38. The Kier molecular flexibility index (Phi) is 3.87. The van der Waals surface area contributed by atoms with E-state index in [4.69, 9.17) is 9.84 Å². The summed E-state index contributed by atoms with van der Waals surface area (Å²) in [7, 11) is 1.66. The van der Waals surface area contributed by atoms with Gasteiger partial charge >= 0.3 is 5.97 Å². The number of carbonyl (C=O) groups is 1. The lowest BCUT2D eigenvalue weighted by molar-refractivity contribution is -0.139. The maximum atomic E-state index is 10.6. The van der Waals surface area contributed by atoms with Gasteiger partial charge in [0.15, 0.2) is 0 Å². The minimum atomic E-state index is -0.697. The number of hydrogen-bond donors (Lipinski definition) is 1. The zero-order valence-corrected chi connectivity index (χ0v) is 10.8. The van der Waals surface area contributed by atoms with Crippen LogP contribution in [-0.4, -0.2) is 36.2 Å². The Morgan fingerprint density at radius 3 is 2.56 bits per heavy atom. The van der Waals surface area contributed by atoms with E-state index in [1.807, 2.05) is 12.1 Å². The predicted octanol–water partition coefficient (Wildman–Crippen LogP) is 2.16. The molecule has 1 aliphatic rings. The molecule has 0 aromatic heterocycles. The third kappa shape index (κ3) is 2.82. The third-order valence-electron chi connectivity index (χ3n) is 3.59. The fourth-order valence-corrected chi connectivity index (χ4v) is 2.40. The molecule has 0 aliphatic carbocycles. The van der Waals surface area contributed by atoms with Crippen LogP contribution in [0.15, 0.2) is 24.3 Å². The number of hydrogen-bond acceptors (Lipinski definition) is 3. The van der Waals surface area contributed by atoms with Gasteiger partial charge in [-0.05, 0) is 30.5 Å². The van der Waals surface area contributed by atoms with Gasteiger partial charge in [0.05, 0.1) is 13.5 Å². The number of rotatable bonds is 5. The van der Waals surface area contributed by atoms with E-state index in [2.05, 4.69) is 24.0 Å². The molecular formula is C14H19NO3. The van der Waals surface area contributed by atoms with Crippen molar-refractivity contribution in [1.29, 1.82) is 0 Å². The highest BCUT2D eigenvalue weighted by Gasteiger charge is 2.32. The van der Waals surface area contributed by atoms with Crippen molar-refractivity contribution in [3.8, 4) is 5.75 Å². The average molecular weight is 249 g/mol. The summed E-state index contributed by atoms with van der Waals surface area (Å²) >= 11 is 0. The zero-order chi connectivity index (χ0) is 13.1. The summed E-state index contributed by atoms with van der Waals surface area (Å²) in [4.78, 5) is 12.9. The van der Waals surface area contributed by atoms with Crippen molar-refractivity contribution in [3.63, 3.8) is 0 Å². The minimum absolute atomic E-state index is 0.284. The highest BCUT2D eigenvalue weighted by molar-refractivity contribution is 5.67. The number of carboxylic acid groups (broad SMARTS) is 1. The molecule has 1 fully saturated rings. The second-order valence-electron chi connectivity index (χ2n) is 4.87. The Bertz CT molecular complexity index is 410. The van der Waals surface area contributed by atoms with E-state index in [1.165, 1.54) is 5.56 Å². The number of carboxylic acids is 1. The average Bonchev–Trinajstić information content (AvgIpc) is 2.32.